The van der Waals surface area contributed by atoms with Crippen LogP contribution >= 0.6 is 23.5 Å². The van der Waals surface area contributed by atoms with Gasteiger partial charge in [0.1, 0.15) is 0 Å². The van der Waals surface area contributed by atoms with E-state index >= 15 is 0 Å². The Morgan fingerprint density at radius 1 is 0.471 bits per heavy atom. The van der Waals surface area contributed by atoms with E-state index in [9.17, 15) is 0 Å². The van der Waals surface area contributed by atoms with Crippen LogP contribution in [-0.2, 0) is 36.1 Å². The third kappa shape index (κ3) is 2440. The van der Waals surface area contributed by atoms with Crippen LogP contribution in [0.1, 0.15) is 0 Å². The molecule has 0 atom stereocenters. The summed E-state index contributed by atoms with van der Waals surface area (Å²) in [4.78, 5) is 76.9. The Morgan fingerprint density at radius 2 is 0.471 bits per heavy atom. The zero-order chi connectivity index (χ0) is 13.5. The zero-order valence-electron chi connectivity index (χ0n) is 7.19. The molecule has 0 saturated heterocycles. The predicted molar refractivity (Wildman–Crippen MR) is 28.6 cm³/mol. The van der Waals surface area contributed by atoms with E-state index in [1.54, 1.807) is 0 Å². The Kier molecular flexibility index (Phi) is 22.4. The summed E-state index contributed by atoms with van der Waals surface area (Å²) in [6, 6.07) is 0. The largest absolute Gasteiger partial charge is 5.00 e. The molecule has 0 bridgehead atoms. The summed E-state index contributed by atoms with van der Waals surface area (Å²) >= 11 is 0. The van der Waals surface area contributed by atoms with E-state index in [2.05, 4.69) is 0 Å². The topological polar surface area (TPSA) is 259 Å². The van der Waals surface area contributed by atoms with E-state index in [4.69, 9.17) is 57.7 Å². The van der Waals surface area contributed by atoms with Crippen LogP contribution in [0.4, 0.5) is 0 Å². The van der Waals surface area contributed by atoms with Crippen LogP contribution in [0.5, 0.6) is 0 Å². The van der Waals surface area contributed by atoms with Crippen molar-refractivity contribution in [2.24, 2.45) is 0 Å². The molecule has 0 amide bonds. The van der Waals surface area contributed by atoms with Crippen molar-refractivity contribution in [3.05, 3.63) is 0 Å². The van der Waals surface area contributed by atoms with Gasteiger partial charge in [-0.2, -0.15) is 23.5 Å². The Labute approximate surface area is 115 Å². The van der Waals surface area contributed by atoms with Crippen molar-refractivity contribution in [3.63, 3.8) is 0 Å². The van der Waals surface area contributed by atoms with Crippen molar-refractivity contribution in [2.75, 3.05) is 0 Å². The summed E-state index contributed by atoms with van der Waals surface area (Å²) in [6.45, 7) is 0. The average Bonchev–Trinajstić information content (AvgIpc) is 1.41. The number of phosphoric acid groups is 3. The predicted octanol–water partition coefficient (Wildman–Crippen LogP) is -8.86. The van der Waals surface area contributed by atoms with Gasteiger partial charge >= 0.3 is 33.3 Å². The first-order valence-electron chi connectivity index (χ1n) is 2.19. The second kappa shape index (κ2) is 12.3. The maximum atomic E-state index is 8.55. The maximum Gasteiger partial charge on any atom is 5.00 e. The smallest absolute Gasteiger partial charge is 0.822 e. The fourth-order valence-corrected chi connectivity index (χ4v) is 0. The fraction of sp³-hybridized carbons (Fsp3) is 0. The van der Waals surface area contributed by atoms with Gasteiger partial charge in [0.15, 0.2) is 0 Å². The molecule has 0 saturated carbocycles. The molecule has 17 heavy (non-hydrogen) atoms. The summed E-state index contributed by atoms with van der Waals surface area (Å²) in [6.07, 6.45) is 0. The number of hydrogen-bond acceptors (Lipinski definition) is 12. The second-order valence-corrected chi connectivity index (χ2v) is 4.02. The van der Waals surface area contributed by atoms with Crippen molar-refractivity contribution < 1.29 is 80.1 Å². The molecule has 0 radical (unpaired) electrons. The van der Waals surface area contributed by atoms with Gasteiger partial charge in [-0.25, -0.2) is 0 Å². The monoisotopic (exact) mass is 406 g/mol. The van der Waals surface area contributed by atoms with Crippen LogP contribution in [-0.4, -0.2) is 11.0 Å². The molecule has 12 nitrogen and oxygen atoms in total. The Balaban J connectivity index is -0.0000000400. The summed E-state index contributed by atoms with van der Waals surface area (Å²) in [5.41, 5.74) is 0. The van der Waals surface area contributed by atoms with Crippen LogP contribution in [0.3, 0.4) is 0 Å². The first-order valence-corrected chi connectivity index (χ1v) is 6.57. The van der Waals surface area contributed by atoms with Crippen LogP contribution in [0.25, 0.3) is 0 Å². The van der Waals surface area contributed by atoms with E-state index in [0.29, 0.717) is 0 Å². The average molecular weight is 406 g/mol. The van der Waals surface area contributed by atoms with E-state index in [-0.39, 0.29) is 33.3 Å². The molecule has 17 heteroatoms. The van der Waals surface area contributed by atoms with Crippen LogP contribution < -0.4 is 44.0 Å². The molecule has 0 aliphatic heterocycles. The van der Waals surface area contributed by atoms with E-state index in [1.165, 1.54) is 0 Å². The van der Waals surface area contributed by atoms with Gasteiger partial charge in [0.25, 0.3) is 0 Å². The molecule has 0 aliphatic rings. The van der Waals surface area contributed by atoms with Gasteiger partial charge in [0.2, 0.25) is 0 Å². The SMILES string of the molecule is O=P([O-])([O-])[O-].O=P([O-])([O-])[O-].O=P([O-])([O-])[O-].[Nb+5].[Si+4]. The summed E-state index contributed by atoms with van der Waals surface area (Å²) in [7, 11) is -16.2. The van der Waals surface area contributed by atoms with E-state index < -0.39 is 23.5 Å². The molecular formula is NbO12P3Si. The van der Waals surface area contributed by atoms with Crippen molar-refractivity contribution in [3.8, 4) is 0 Å². The van der Waals surface area contributed by atoms with Gasteiger partial charge in [-0.15, -0.1) is 0 Å². The van der Waals surface area contributed by atoms with Gasteiger partial charge in [-0.3, -0.25) is 0 Å². The van der Waals surface area contributed by atoms with Gasteiger partial charge < -0.3 is 57.7 Å². The molecule has 0 spiro atoms. The minimum absolute atomic E-state index is 0. The Morgan fingerprint density at radius 3 is 0.471 bits per heavy atom. The minimum Gasteiger partial charge on any atom is -0.822 e. The van der Waals surface area contributed by atoms with Crippen molar-refractivity contribution >= 4 is 34.4 Å². The Bertz CT molecular complexity index is 208. The zero-order valence-corrected chi connectivity index (χ0v) is 13.1. The molecule has 0 aliphatic carbocycles. The Hall–Kier alpha value is 1.29. The molecule has 0 aromatic rings. The van der Waals surface area contributed by atoms with Crippen molar-refractivity contribution in [1.82, 2.24) is 0 Å². The normalized spacial score (nSPS) is 10.4. The first kappa shape index (κ1) is 31.0. The van der Waals surface area contributed by atoms with Crippen LogP contribution in [0.15, 0.2) is 0 Å². The van der Waals surface area contributed by atoms with Gasteiger partial charge in [-0.05, 0) is 0 Å². The van der Waals surface area contributed by atoms with Crippen molar-refractivity contribution in [1.29, 1.82) is 0 Å². The van der Waals surface area contributed by atoms with Crippen LogP contribution in [0, 0.1) is 0 Å². The molecule has 0 heterocycles. The summed E-state index contributed by atoms with van der Waals surface area (Å²) < 4.78 is 25.6. The van der Waals surface area contributed by atoms with Crippen molar-refractivity contribution in [2.45, 2.75) is 0 Å². The van der Waals surface area contributed by atoms with Gasteiger partial charge in [-0.1, -0.05) is 0 Å². The molecule has 96 valence electrons. The summed E-state index contributed by atoms with van der Waals surface area (Å²) in [5.74, 6) is 0. The summed E-state index contributed by atoms with van der Waals surface area (Å²) in [5, 5.41) is 0. The first-order chi connectivity index (χ1) is 6.00. The number of rotatable bonds is 0. The quantitative estimate of drug-likeness (QED) is 0.268. The standard InChI is InChI=1S/Nb.3H3O4P.Si/c;3*1-5(2,3)4;/h;3*(H3,1,2,3,4);/q+5;;;;+4/p-9. The number of hydrogen-bond donors (Lipinski definition) is 0. The molecule has 0 aromatic carbocycles. The van der Waals surface area contributed by atoms with Crippen LogP contribution in [0.2, 0.25) is 0 Å². The van der Waals surface area contributed by atoms with E-state index in [0.717, 1.165) is 0 Å². The molecular weight excluding hydrogens is 406 g/mol. The minimum atomic E-state index is -5.39. The maximum absolute atomic E-state index is 8.55. The fourth-order valence-electron chi connectivity index (χ4n) is 0. The third-order valence-electron chi connectivity index (χ3n) is 0. The third-order valence-corrected chi connectivity index (χ3v) is 0. The molecule has 0 fully saturated rings. The van der Waals surface area contributed by atoms with Gasteiger partial charge in [0.05, 0.1) is 0 Å². The second-order valence-electron chi connectivity index (χ2n) is 1.34. The molecule has 0 aromatic heterocycles. The molecule has 0 rings (SSSR count). The molecule has 0 unspecified atom stereocenters. The van der Waals surface area contributed by atoms with Gasteiger partial charge in [0, 0.05) is 0 Å². The molecule has 0 N–H and O–H groups in total. The van der Waals surface area contributed by atoms with E-state index in [1.807, 2.05) is 0 Å².